The zero-order valence-electron chi connectivity index (χ0n) is 10.4. The molecule has 0 fully saturated rings. The first-order chi connectivity index (χ1) is 8.69. The van der Waals surface area contributed by atoms with Crippen LogP contribution in [0.5, 0.6) is 11.5 Å². The van der Waals surface area contributed by atoms with Crippen molar-refractivity contribution in [2.24, 2.45) is 0 Å². The first-order valence-electron chi connectivity index (χ1n) is 5.22. The number of rotatable bonds is 2. The van der Waals surface area contributed by atoms with Crippen molar-refractivity contribution in [3.8, 4) is 11.5 Å². The minimum Gasteiger partial charge on any atom is -2.00 e. The Kier molecular flexibility index (Phi) is 10.9. The molecule has 0 unspecified atom stereocenters. The van der Waals surface area contributed by atoms with Crippen molar-refractivity contribution in [1.29, 1.82) is 10.8 Å². The SMILES string of the molecule is N=Cc1ccccc1[O-].N=Cc1ccccc1[O-].[O-2].[V+4]. The van der Waals surface area contributed by atoms with Crippen molar-refractivity contribution < 1.29 is 34.2 Å². The largest absolute Gasteiger partial charge is 4.00 e. The molecule has 20 heavy (non-hydrogen) atoms. The van der Waals surface area contributed by atoms with Gasteiger partial charge in [-0.15, -0.1) is 11.5 Å². The Bertz CT molecular complexity index is 498. The monoisotopic (exact) mass is 307 g/mol. The molecule has 0 aliphatic carbocycles. The second-order valence-corrected chi connectivity index (χ2v) is 3.36. The van der Waals surface area contributed by atoms with Gasteiger partial charge >= 0.3 is 18.6 Å². The van der Waals surface area contributed by atoms with Crippen LogP contribution in [0, 0.1) is 10.8 Å². The summed E-state index contributed by atoms with van der Waals surface area (Å²) in [7, 11) is 0. The number of hydrogen-bond donors (Lipinski definition) is 2. The van der Waals surface area contributed by atoms with Crippen LogP contribution in [-0.4, -0.2) is 12.4 Å². The molecule has 1 radical (unpaired) electrons. The van der Waals surface area contributed by atoms with Gasteiger partial charge in [-0.25, -0.2) is 0 Å². The van der Waals surface area contributed by atoms with Crippen LogP contribution < -0.4 is 10.2 Å². The fourth-order valence-electron chi connectivity index (χ4n) is 1.20. The van der Waals surface area contributed by atoms with Crippen LogP contribution in [-0.2, 0) is 24.0 Å². The maximum absolute atomic E-state index is 10.7. The third-order valence-electron chi connectivity index (χ3n) is 2.15. The van der Waals surface area contributed by atoms with Crippen LogP contribution in [0.15, 0.2) is 48.5 Å². The average Bonchev–Trinajstić information content (AvgIpc) is 2.41. The molecule has 0 atom stereocenters. The summed E-state index contributed by atoms with van der Waals surface area (Å²) < 4.78 is 0. The second-order valence-electron chi connectivity index (χ2n) is 3.36. The van der Waals surface area contributed by atoms with Crippen molar-refractivity contribution in [1.82, 2.24) is 0 Å². The molecule has 0 heterocycles. The van der Waals surface area contributed by atoms with Crippen LogP contribution in [0.3, 0.4) is 0 Å². The molecule has 0 spiro atoms. The fraction of sp³-hybridized carbons (Fsp3) is 0. The second kappa shape index (κ2) is 10.8. The molecule has 2 aromatic rings. The Balaban J connectivity index is 0. The molecule has 0 bridgehead atoms. The summed E-state index contributed by atoms with van der Waals surface area (Å²) in [4.78, 5) is 0. The Hall–Kier alpha value is -2.08. The zero-order valence-corrected chi connectivity index (χ0v) is 11.8. The summed E-state index contributed by atoms with van der Waals surface area (Å²) in [6.45, 7) is 0. The number of nitrogens with one attached hydrogen (secondary N) is 2. The van der Waals surface area contributed by atoms with Crippen LogP contribution in [0.2, 0.25) is 0 Å². The van der Waals surface area contributed by atoms with E-state index in [0.717, 1.165) is 12.4 Å². The predicted molar refractivity (Wildman–Crippen MR) is 68.2 cm³/mol. The number of benzene rings is 2. The van der Waals surface area contributed by atoms with E-state index in [9.17, 15) is 10.2 Å². The summed E-state index contributed by atoms with van der Waals surface area (Å²) >= 11 is 0. The summed E-state index contributed by atoms with van der Waals surface area (Å²) in [5.74, 6) is -0.181. The van der Waals surface area contributed by atoms with Crippen molar-refractivity contribution >= 4 is 12.4 Å². The predicted octanol–water partition coefficient (Wildman–Crippen LogP) is 1.39. The van der Waals surface area contributed by atoms with Gasteiger partial charge in [-0.2, -0.15) is 0 Å². The van der Waals surface area contributed by atoms with E-state index in [1.807, 2.05) is 0 Å². The third kappa shape index (κ3) is 6.20. The van der Waals surface area contributed by atoms with Crippen LogP contribution in [0.25, 0.3) is 0 Å². The Morgan fingerprint density at radius 2 is 1.00 bits per heavy atom. The van der Waals surface area contributed by atoms with Gasteiger partial charge in [0.15, 0.2) is 0 Å². The quantitative estimate of drug-likeness (QED) is 0.814. The van der Waals surface area contributed by atoms with Crippen molar-refractivity contribution in [2.75, 3.05) is 0 Å². The molecule has 2 rings (SSSR count). The molecule has 0 aliphatic heterocycles. The summed E-state index contributed by atoms with van der Waals surface area (Å²) in [5, 5.41) is 34.9. The average molecular weight is 307 g/mol. The molecule has 5 nitrogen and oxygen atoms in total. The van der Waals surface area contributed by atoms with Gasteiger partial charge in [0.2, 0.25) is 0 Å². The molecular weight excluding hydrogens is 295 g/mol. The number of para-hydroxylation sites is 2. The van der Waals surface area contributed by atoms with Crippen LogP contribution in [0.4, 0.5) is 0 Å². The molecule has 2 N–H and O–H groups in total. The van der Waals surface area contributed by atoms with E-state index in [0.29, 0.717) is 11.1 Å². The number of hydrogen-bond acceptors (Lipinski definition) is 4. The molecule has 0 aliphatic rings. The smallest absolute Gasteiger partial charge is 2.00 e. The van der Waals surface area contributed by atoms with Gasteiger partial charge in [0, 0.05) is 12.4 Å². The molecule has 101 valence electrons. The molecule has 0 saturated heterocycles. The van der Waals surface area contributed by atoms with Gasteiger partial charge in [-0.3, -0.25) is 0 Å². The van der Waals surface area contributed by atoms with E-state index in [1.165, 1.54) is 12.1 Å². The molecule has 2 aromatic carbocycles. The first-order valence-corrected chi connectivity index (χ1v) is 5.22. The van der Waals surface area contributed by atoms with Gasteiger partial charge in [0.1, 0.15) is 0 Å². The van der Waals surface area contributed by atoms with Crippen LogP contribution in [0.1, 0.15) is 11.1 Å². The van der Waals surface area contributed by atoms with Crippen molar-refractivity contribution in [3.63, 3.8) is 0 Å². The molecular formula is C14H12N2O3V. The molecule has 0 saturated carbocycles. The van der Waals surface area contributed by atoms with Gasteiger partial charge < -0.3 is 26.5 Å². The maximum atomic E-state index is 10.7. The molecule has 0 amide bonds. The standard InChI is InChI=1S/2C7H7NO.O.V/c2*8-5-6-3-1-2-4-7(6)9;;/h2*1-5,8-9H;;/q;;-2;+4/p-2. The van der Waals surface area contributed by atoms with Gasteiger partial charge in [-0.05, 0) is 11.1 Å². The van der Waals surface area contributed by atoms with E-state index in [4.69, 9.17) is 10.8 Å². The normalized spacial score (nSPS) is 8.00. The fourth-order valence-corrected chi connectivity index (χ4v) is 1.20. The third-order valence-corrected chi connectivity index (χ3v) is 2.15. The van der Waals surface area contributed by atoms with Gasteiger partial charge in [-0.1, -0.05) is 48.5 Å². The first kappa shape index (κ1) is 20.2. The molecule has 6 heteroatoms. The minimum atomic E-state index is -0.0903. The summed E-state index contributed by atoms with van der Waals surface area (Å²) in [6.07, 6.45) is 2.12. The Morgan fingerprint density at radius 1 is 0.700 bits per heavy atom. The van der Waals surface area contributed by atoms with E-state index < -0.39 is 0 Å². The van der Waals surface area contributed by atoms with E-state index in [2.05, 4.69) is 0 Å². The van der Waals surface area contributed by atoms with Crippen molar-refractivity contribution in [3.05, 3.63) is 59.7 Å². The Morgan fingerprint density at radius 3 is 1.20 bits per heavy atom. The molecule has 0 aromatic heterocycles. The van der Waals surface area contributed by atoms with Gasteiger partial charge in [0.25, 0.3) is 0 Å². The zero-order chi connectivity index (χ0) is 13.4. The van der Waals surface area contributed by atoms with E-state index in [1.54, 1.807) is 36.4 Å². The van der Waals surface area contributed by atoms with E-state index >= 15 is 0 Å². The van der Waals surface area contributed by atoms with Crippen LogP contribution >= 0.6 is 0 Å². The van der Waals surface area contributed by atoms with Crippen molar-refractivity contribution in [2.45, 2.75) is 0 Å². The summed E-state index contributed by atoms with van der Waals surface area (Å²) in [6, 6.07) is 12.9. The summed E-state index contributed by atoms with van der Waals surface area (Å²) in [5.41, 5.74) is 0.884. The van der Waals surface area contributed by atoms with E-state index in [-0.39, 0.29) is 35.5 Å². The van der Waals surface area contributed by atoms with Gasteiger partial charge in [0.05, 0.1) is 0 Å². The topological polar surface area (TPSA) is 122 Å². The Labute approximate surface area is 129 Å². The maximum Gasteiger partial charge on any atom is 4.00 e. The minimum absolute atomic E-state index is 0.